The summed E-state index contributed by atoms with van der Waals surface area (Å²) in [6.07, 6.45) is 1.33. The molecule has 1 aliphatic rings. The highest BCUT2D eigenvalue weighted by molar-refractivity contribution is 5.67. The lowest BCUT2D eigenvalue weighted by Gasteiger charge is -2.35. The van der Waals surface area contributed by atoms with Crippen molar-refractivity contribution in [1.82, 2.24) is 4.90 Å². The Balaban J connectivity index is 1.95. The zero-order valence-electron chi connectivity index (χ0n) is 12.2. The first kappa shape index (κ1) is 15.0. The molecule has 2 atom stereocenters. The first-order valence-electron chi connectivity index (χ1n) is 7.20. The third-order valence-electron chi connectivity index (χ3n) is 3.52. The SMILES string of the molecule is CC1CN(Cc2cccc(CCC(=O)O)c2)CC(C)O1. The fraction of sp³-hybridized carbons (Fsp3) is 0.562. The van der Waals surface area contributed by atoms with Crippen molar-refractivity contribution in [2.45, 2.75) is 45.4 Å². The van der Waals surface area contributed by atoms with E-state index in [1.54, 1.807) is 0 Å². The Morgan fingerprint density at radius 1 is 1.30 bits per heavy atom. The predicted molar refractivity (Wildman–Crippen MR) is 77.7 cm³/mol. The van der Waals surface area contributed by atoms with Gasteiger partial charge in [-0.05, 0) is 31.4 Å². The predicted octanol–water partition coefficient (Wildman–Crippen LogP) is 2.31. The van der Waals surface area contributed by atoms with Gasteiger partial charge in [0.15, 0.2) is 0 Å². The number of carboxylic acids is 1. The van der Waals surface area contributed by atoms with Gasteiger partial charge in [-0.15, -0.1) is 0 Å². The smallest absolute Gasteiger partial charge is 0.303 e. The Morgan fingerprint density at radius 2 is 1.95 bits per heavy atom. The molecule has 1 N–H and O–H groups in total. The maximum Gasteiger partial charge on any atom is 0.303 e. The van der Waals surface area contributed by atoms with Crippen molar-refractivity contribution < 1.29 is 14.6 Å². The van der Waals surface area contributed by atoms with Crippen molar-refractivity contribution in [3.05, 3.63) is 35.4 Å². The molecule has 0 saturated carbocycles. The van der Waals surface area contributed by atoms with Crippen LogP contribution in [0.5, 0.6) is 0 Å². The molecule has 20 heavy (non-hydrogen) atoms. The third-order valence-corrected chi connectivity index (χ3v) is 3.52. The molecule has 1 heterocycles. The number of nitrogens with zero attached hydrogens (tertiary/aromatic N) is 1. The average molecular weight is 277 g/mol. The van der Waals surface area contributed by atoms with Gasteiger partial charge in [0.1, 0.15) is 0 Å². The minimum Gasteiger partial charge on any atom is -0.481 e. The molecule has 0 radical (unpaired) electrons. The molecule has 1 aromatic rings. The van der Waals surface area contributed by atoms with Gasteiger partial charge in [-0.25, -0.2) is 0 Å². The standard InChI is InChI=1S/C16H23NO3/c1-12-9-17(10-13(2)20-12)11-15-5-3-4-14(8-15)6-7-16(18)19/h3-5,8,12-13H,6-7,9-11H2,1-2H3,(H,18,19). The Labute approximate surface area is 120 Å². The quantitative estimate of drug-likeness (QED) is 0.897. The molecule has 4 heteroatoms. The van der Waals surface area contributed by atoms with Gasteiger partial charge in [-0.1, -0.05) is 24.3 Å². The van der Waals surface area contributed by atoms with Gasteiger partial charge < -0.3 is 9.84 Å². The summed E-state index contributed by atoms with van der Waals surface area (Å²) < 4.78 is 5.74. The number of rotatable bonds is 5. The van der Waals surface area contributed by atoms with Crippen molar-refractivity contribution in [1.29, 1.82) is 0 Å². The lowest BCUT2D eigenvalue weighted by atomic mass is 10.1. The minimum atomic E-state index is -0.744. The van der Waals surface area contributed by atoms with Crippen LogP contribution in [0, 0.1) is 0 Å². The van der Waals surface area contributed by atoms with Gasteiger partial charge in [0.2, 0.25) is 0 Å². The van der Waals surface area contributed by atoms with Gasteiger partial charge in [0, 0.05) is 26.1 Å². The molecular formula is C16H23NO3. The van der Waals surface area contributed by atoms with E-state index in [0.29, 0.717) is 6.42 Å². The van der Waals surface area contributed by atoms with Crippen LogP contribution in [0.3, 0.4) is 0 Å². The number of aryl methyl sites for hydroxylation is 1. The number of hydrogen-bond donors (Lipinski definition) is 1. The molecule has 0 aromatic heterocycles. The van der Waals surface area contributed by atoms with Crippen LogP contribution in [0.25, 0.3) is 0 Å². The summed E-state index contributed by atoms with van der Waals surface area (Å²) in [6, 6.07) is 8.24. The van der Waals surface area contributed by atoms with Crippen LogP contribution in [-0.4, -0.2) is 41.3 Å². The zero-order chi connectivity index (χ0) is 14.5. The van der Waals surface area contributed by atoms with Crippen molar-refractivity contribution in [3.63, 3.8) is 0 Å². The van der Waals surface area contributed by atoms with Crippen LogP contribution in [0.15, 0.2) is 24.3 Å². The number of hydrogen-bond acceptors (Lipinski definition) is 3. The van der Waals surface area contributed by atoms with Crippen molar-refractivity contribution in [2.75, 3.05) is 13.1 Å². The molecule has 4 nitrogen and oxygen atoms in total. The highest BCUT2D eigenvalue weighted by atomic mass is 16.5. The van der Waals surface area contributed by atoms with E-state index in [0.717, 1.165) is 25.2 Å². The third kappa shape index (κ3) is 4.62. The summed E-state index contributed by atoms with van der Waals surface area (Å²) >= 11 is 0. The second-order valence-corrected chi connectivity index (χ2v) is 5.67. The van der Waals surface area contributed by atoms with Crippen LogP contribution in [0.1, 0.15) is 31.4 Å². The normalized spacial score (nSPS) is 23.7. The number of carboxylic acid groups (broad SMARTS) is 1. The lowest BCUT2D eigenvalue weighted by Crippen LogP contribution is -2.44. The van der Waals surface area contributed by atoms with E-state index < -0.39 is 5.97 Å². The van der Waals surface area contributed by atoms with Gasteiger partial charge >= 0.3 is 5.97 Å². The van der Waals surface area contributed by atoms with E-state index in [1.807, 2.05) is 12.1 Å². The molecular weight excluding hydrogens is 254 g/mol. The monoisotopic (exact) mass is 277 g/mol. The summed E-state index contributed by atoms with van der Waals surface area (Å²) in [5.41, 5.74) is 2.34. The van der Waals surface area contributed by atoms with E-state index in [2.05, 4.69) is 30.9 Å². The lowest BCUT2D eigenvalue weighted by molar-refractivity contribution is -0.136. The van der Waals surface area contributed by atoms with Crippen molar-refractivity contribution in [2.24, 2.45) is 0 Å². The molecule has 0 spiro atoms. The molecule has 1 aromatic carbocycles. The van der Waals surface area contributed by atoms with Crippen LogP contribution < -0.4 is 0 Å². The topological polar surface area (TPSA) is 49.8 Å². The van der Waals surface area contributed by atoms with Gasteiger partial charge in [-0.3, -0.25) is 9.69 Å². The Kier molecular flexibility index (Phi) is 5.15. The van der Waals surface area contributed by atoms with E-state index in [1.165, 1.54) is 5.56 Å². The van der Waals surface area contributed by atoms with Crippen LogP contribution >= 0.6 is 0 Å². The first-order valence-corrected chi connectivity index (χ1v) is 7.20. The first-order chi connectivity index (χ1) is 9.52. The van der Waals surface area contributed by atoms with Gasteiger partial charge in [0.25, 0.3) is 0 Å². The molecule has 110 valence electrons. The highest BCUT2D eigenvalue weighted by Gasteiger charge is 2.21. The summed E-state index contributed by atoms with van der Waals surface area (Å²) in [4.78, 5) is 13.0. The fourth-order valence-corrected chi connectivity index (χ4v) is 2.81. The number of carbonyl (C=O) groups is 1. The highest BCUT2D eigenvalue weighted by Crippen LogP contribution is 2.15. The second kappa shape index (κ2) is 6.86. The number of benzene rings is 1. The fourth-order valence-electron chi connectivity index (χ4n) is 2.81. The average Bonchev–Trinajstić information content (AvgIpc) is 2.35. The summed E-state index contributed by atoms with van der Waals surface area (Å²) in [5, 5.41) is 8.74. The van der Waals surface area contributed by atoms with E-state index in [9.17, 15) is 4.79 Å². The summed E-state index contributed by atoms with van der Waals surface area (Å²) in [5.74, 6) is -0.744. The molecule has 0 aliphatic carbocycles. The summed E-state index contributed by atoms with van der Waals surface area (Å²) in [6.45, 7) is 7.00. The van der Waals surface area contributed by atoms with E-state index in [4.69, 9.17) is 9.84 Å². The van der Waals surface area contributed by atoms with Crippen LogP contribution in [-0.2, 0) is 22.5 Å². The molecule has 2 rings (SSSR count). The molecule has 0 bridgehead atoms. The Morgan fingerprint density at radius 3 is 2.60 bits per heavy atom. The molecule has 0 amide bonds. The molecule has 1 aliphatic heterocycles. The number of ether oxygens (including phenoxy) is 1. The van der Waals surface area contributed by atoms with Crippen LogP contribution in [0.2, 0.25) is 0 Å². The van der Waals surface area contributed by atoms with Gasteiger partial charge in [-0.2, -0.15) is 0 Å². The zero-order valence-corrected chi connectivity index (χ0v) is 12.2. The van der Waals surface area contributed by atoms with Crippen LogP contribution in [0.4, 0.5) is 0 Å². The molecule has 1 saturated heterocycles. The Bertz CT molecular complexity index is 451. The Hall–Kier alpha value is -1.39. The van der Waals surface area contributed by atoms with Crippen molar-refractivity contribution in [3.8, 4) is 0 Å². The molecule has 1 fully saturated rings. The van der Waals surface area contributed by atoms with E-state index in [-0.39, 0.29) is 18.6 Å². The minimum absolute atomic E-state index is 0.190. The maximum atomic E-state index is 10.6. The second-order valence-electron chi connectivity index (χ2n) is 5.67. The largest absolute Gasteiger partial charge is 0.481 e. The number of aliphatic carboxylic acids is 1. The van der Waals surface area contributed by atoms with Crippen molar-refractivity contribution >= 4 is 5.97 Å². The van der Waals surface area contributed by atoms with E-state index >= 15 is 0 Å². The maximum absolute atomic E-state index is 10.6. The number of morpholine rings is 1. The van der Waals surface area contributed by atoms with Gasteiger partial charge in [0.05, 0.1) is 12.2 Å². The molecule has 2 unspecified atom stereocenters. The summed E-state index contributed by atoms with van der Waals surface area (Å²) in [7, 11) is 0.